The van der Waals surface area contributed by atoms with E-state index >= 15 is 0 Å². The first kappa shape index (κ1) is 32.7. The molecular weight excluding hydrogens is 616 g/mol. The van der Waals surface area contributed by atoms with Crippen molar-refractivity contribution >= 4 is 23.2 Å². The van der Waals surface area contributed by atoms with Gasteiger partial charge in [0.1, 0.15) is 17.1 Å². The molecule has 0 spiro atoms. The van der Waals surface area contributed by atoms with Crippen molar-refractivity contribution in [3.8, 4) is 22.8 Å². The predicted molar refractivity (Wildman–Crippen MR) is 182 cm³/mol. The maximum absolute atomic E-state index is 14.3. The molecule has 9 nitrogen and oxygen atoms in total. The third-order valence-electron chi connectivity index (χ3n) is 8.76. The minimum atomic E-state index is -0.617. The predicted octanol–water partition coefficient (Wildman–Crippen LogP) is 5.75. The molecule has 0 radical (unpaired) electrons. The average Bonchev–Trinajstić information content (AvgIpc) is 3.54. The summed E-state index contributed by atoms with van der Waals surface area (Å²) in [7, 11) is 0. The number of carbonyl (C=O) groups is 2. The van der Waals surface area contributed by atoms with Crippen LogP contribution in [0.2, 0.25) is 0 Å². The van der Waals surface area contributed by atoms with Crippen LogP contribution in [0.5, 0.6) is 11.6 Å². The highest BCUT2D eigenvalue weighted by atomic mass is 32.1. The first-order valence-corrected chi connectivity index (χ1v) is 17.3. The molecule has 0 atom stereocenters. The van der Waals surface area contributed by atoms with Crippen LogP contribution in [0.1, 0.15) is 63.5 Å². The molecule has 246 valence electrons. The van der Waals surface area contributed by atoms with Crippen LogP contribution in [0.25, 0.3) is 11.1 Å². The van der Waals surface area contributed by atoms with E-state index in [1.807, 2.05) is 30.5 Å². The molecule has 1 saturated carbocycles. The lowest BCUT2D eigenvalue weighted by Crippen LogP contribution is -2.43. The number of aryl methyl sites for hydroxylation is 2. The van der Waals surface area contributed by atoms with E-state index in [4.69, 9.17) is 4.74 Å². The number of thiazole rings is 1. The molecule has 47 heavy (non-hydrogen) atoms. The Kier molecular flexibility index (Phi) is 10.9. The van der Waals surface area contributed by atoms with Crippen molar-refractivity contribution in [2.45, 2.75) is 57.5 Å². The number of aromatic nitrogens is 2. The summed E-state index contributed by atoms with van der Waals surface area (Å²) in [5.41, 5.74) is 4.20. The van der Waals surface area contributed by atoms with Gasteiger partial charge in [-0.15, -0.1) is 11.3 Å². The minimum Gasteiger partial charge on any atom is -0.438 e. The van der Waals surface area contributed by atoms with Crippen molar-refractivity contribution in [1.29, 1.82) is 0 Å². The molecule has 3 heterocycles. The molecule has 4 aromatic rings. The molecule has 2 aromatic heterocycles. The number of nitrogens with one attached hydrogen (secondary N) is 3. The summed E-state index contributed by atoms with van der Waals surface area (Å²) in [6, 6.07) is 17.2. The third-order valence-corrected chi connectivity index (χ3v) is 9.72. The first-order valence-electron chi connectivity index (χ1n) is 16.4. The van der Waals surface area contributed by atoms with Gasteiger partial charge in [0.2, 0.25) is 5.88 Å². The second-order valence-corrected chi connectivity index (χ2v) is 13.2. The van der Waals surface area contributed by atoms with Gasteiger partial charge in [0, 0.05) is 49.3 Å². The molecule has 0 unspecified atom stereocenters. The van der Waals surface area contributed by atoms with Gasteiger partial charge in [-0.2, -0.15) is 0 Å². The second-order valence-electron chi connectivity index (χ2n) is 12.3. The van der Waals surface area contributed by atoms with E-state index in [2.05, 4.69) is 55.1 Å². The molecule has 2 fully saturated rings. The first-order chi connectivity index (χ1) is 22.9. The maximum Gasteiger partial charge on any atom is 0.280 e. The summed E-state index contributed by atoms with van der Waals surface area (Å²) in [4.78, 5) is 36.7. The Morgan fingerprint density at radius 3 is 2.40 bits per heavy atom. The fourth-order valence-electron chi connectivity index (χ4n) is 6.18. The zero-order chi connectivity index (χ0) is 32.6. The highest BCUT2D eigenvalue weighted by Crippen LogP contribution is 2.29. The molecule has 6 rings (SSSR count). The van der Waals surface area contributed by atoms with Crippen LogP contribution in [0.4, 0.5) is 4.39 Å². The van der Waals surface area contributed by atoms with Gasteiger partial charge in [-0.1, -0.05) is 36.4 Å². The van der Waals surface area contributed by atoms with Crippen LogP contribution in [-0.2, 0) is 6.42 Å². The van der Waals surface area contributed by atoms with Gasteiger partial charge in [-0.3, -0.25) is 9.59 Å². The fourth-order valence-corrected chi connectivity index (χ4v) is 6.88. The number of rotatable bonds is 11. The van der Waals surface area contributed by atoms with E-state index in [1.54, 1.807) is 6.07 Å². The van der Waals surface area contributed by atoms with Crippen molar-refractivity contribution in [2.75, 3.05) is 32.7 Å². The smallest absolute Gasteiger partial charge is 0.280 e. The molecule has 1 saturated heterocycles. The van der Waals surface area contributed by atoms with Gasteiger partial charge in [-0.25, -0.2) is 14.4 Å². The number of hydrogen-bond acceptors (Lipinski definition) is 8. The second kappa shape index (κ2) is 15.6. The zero-order valence-corrected chi connectivity index (χ0v) is 27.5. The number of hydrogen-bond donors (Lipinski definition) is 3. The number of piperazine rings is 1. The number of ether oxygens (including phenoxy) is 1. The van der Waals surface area contributed by atoms with Crippen molar-refractivity contribution < 1.29 is 18.7 Å². The SMILES string of the molecule is Cc1csc(C(=O)N[C@H]2CC[C@@H](NC(=O)c3cc(F)cnc3Oc3cccc(-c4ccc(CCCN5CCNCC5)cc4)c3)CC2)n1. The van der Waals surface area contributed by atoms with Gasteiger partial charge in [0.25, 0.3) is 11.8 Å². The molecule has 2 aliphatic rings. The van der Waals surface area contributed by atoms with E-state index in [-0.39, 0.29) is 29.4 Å². The summed E-state index contributed by atoms with van der Waals surface area (Å²) in [5, 5.41) is 11.8. The molecule has 0 bridgehead atoms. The number of amides is 2. The number of benzene rings is 2. The van der Waals surface area contributed by atoms with Gasteiger partial charge in [-0.05, 0) is 86.9 Å². The third kappa shape index (κ3) is 9.00. The van der Waals surface area contributed by atoms with Gasteiger partial charge in [0.05, 0.1) is 6.20 Å². The lowest BCUT2D eigenvalue weighted by molar-refractivity contribution is 0.0890. The lowest BCUT2D eigenvalue weighted by atomic mass is 9.91. The summed E-state index contributed by atoms with van der Waals surface area (Å²) in [6.45, 7) is 7.36. The van der Waals surface area contributed by atoms with Crippen LogP contribution >= 0.6 is 11.3 Å². The van der Waals surface area contributed by atoms with E-state index in [0.717, 1.165) is 87.5 Å². The molecule has 11 heteroatoms. The van der Waals surface area contributed by atoms with E-state index in [9.17, 15) is 14.0 Å². The van der Waals surface area contributed by atoms with E-state index in [1.165, 1.54) is 16.9 Å². The van der Waals surface area contributed by atoms with Gasteiger partial charge >= 0.3 is 0 Å². The van der Waals surface area contributed by atoms with Gasteiger partial charge in [0.15, 0.2) is 5.01 Å². The van der Waals surface area contributed by atoms with E-state index in [0.29, 0.717) is 23.6 Å². The van der Waals surface area contributed by atoms with Crippen LogP contribution in [-0.4, -0.2) is 71.5 Å². The molecule has 2 amide bonds. The molecule has 3 N–H and O–H groups in total. The van der Waals surface area contributed by atoms with E-state index < -0.39 is 11.7 Å². The highest BCUT2D eigenvalue weighted by Gasteiger charge is 2.26. The quantitative estimate of drug-likeness (QED) is 0.189. The molecule has 1 aliphatic heterocycles. The topological polar surface area (TPSA) is 108 Å². The number of nitrogens with zero attached hydrogens (tertiary/aromatic N) is 3. The average molecular weight is 657 g/mol. The van der Waals surface area contributed by atoms with Crippen molar-refractivity contribution in [3.05, 3.63) is 93.8 Å². The Bertz CT molecular complexity index is 1670. The van der Waals surface area contributed by atoms with Gasteiger partial charge < -0.3 is 25.6 Å². The molecule has 1 aliphatic carbocycles. The Morgan fingerprint density at radius 1 is 0.979 bits per heavy atom. The summed E-state index contributed by atoms with van der Waals surface area (Å²) in [5.74, 6) is -0.682. The van der Waals surface area contributed by atoms with Crippen molar-refractivity contribution in [3.63, 3.8) is 0 Å². The Hall–Kier alpha value is -4.19. The van der Waals surface area contributed by atoms with Crippen LogP contribution in [0.3, 0.4) is 0 Å². The fraction of sp³-hybridized carbons (Fsp3) is 0.389. The molecular formula is C36H41FN6O3S. The zero-order valence-electron chi connectivity index (χ0n) is 26.6. The highest BCUT2D eigenvalue weighted by molar-refractivity contribution is 7.11. The number of pyridine rings is 1. The Labute approximate surface area is 279 Å². The summed E-state index contributed by atoms with van der Waals surface area (Å²) >= 11 is 1.33. The summed E-state index contributed by atoms with van der Waals surface area (Å²) < 4.78 is 20.4. The maximum atomic E-state index is 14.3. The summed E-state index contributed by atoms with van der Waals surface area (Å²) in [6.07, 6.45) is 6.03. The van der Waals surface area contributed by atoms with Crippen molar-refractivity contribution in [2.24, 2.45) is 0 Å². The normalized spacial score (nSPS) is 18.4. The Balaban J connectivity index is 1.03. The standard InChI is InChI=1S/C36H41FN6O3S/c1-24-23-47-36(40-24)34(45)42-30-13-11-29(12-14-30)41-33(44)32-21-28(37)22-39-35(32)46-31-6-2-5-27(20-31)26-9-7-25(8-10-26)4-3-17-43-18-15-38-16-19-43/h2,5-10,20-23,29-30,38H,3-4,11-19H2,1H3,(H,41,44)(H,42,45)/t29-,30+. The van der Waals surface area contributed by atoms with Crippen LogP contribution in [0.15, 0.2) is 66.2 Å². The number of halogens is 1. The largest absolute Gasteiger partial charge is 0.438 e. The monoisotopic (exact) mass is 656 g/mol. The number of carbonyl (C=O) groups excluding carboxylic acids is 2. The minimum absolute atomic E-state index is 0.0143. The van der Waals surface area contributed by atoms with Crippen molar-refractivity contribution in [1.82, 2.24) is 30.8 Å². The Morgan fingerprint density at radius 2 is 1.70 bits per heavy atom. The lowest BCUT2D eigenvalue weighted by Gasteiger charge is -2.29. The van der Waals surface area contributed by atoms with Crippen LogP contribution in [0, 0.1) is 12.7 Å². The van der Waals surface area contributed by atoms with Crippen LogP contribution < -0.4 is 20.7 Å². The molecule has 2 aromatic carbocycles.